The molecule has 1 aromatic heterocycles. The quantitative estimate of drug-likeness (QED) is 0.752. The second kappa shape index (κ2) is 8.28. The molecule has 1 aromatic carbocycles. The number of amides is 1. The first-order chi connectivity index (χ1) is 13.6. The van der Waals surface area contributed by atoms with E-state index < -0.39 is 0 Å². The Morgan fingerprint density at radius 2 is 1.83 bits per heavy atom. The fraction of sp³-hybridized carbons (Fsp3) is 0.478. The molecule has 3 rings (SSSR count). The third-order valence-corrected chi connectivity index (χ3v) is 6.77. The number of methoxy groups -OCH3 is 1. The van der Waals surface area contributed by atoms with Crippen molar-refractivity contribution >= 4 is 28.2 Å². The number of hydrogen-bond donors (Lipinski definition) is 2. The zero-order valence-corrected chi connectivity index (χ0v) is 19.0. The number of esters is 1. The van der Waals surface area contributed by atoms with Gasteiger partial charge in [-0.3, -0.25) is 4.79 Å². The van der Waals surface area contributed by atoms with Gasteiger partial charge in [-0.1, -0.05) is 32.9 Å². The molecular formula is C23H31N2O3S+. The lowest BCUT2D eigenvalue weighted by Crippen LogP contribution is -3.14. The minimum absolute atomic E-state index is 0.0322. The zero-order chi connectivity index (χ0) is 21.3. The number of thiophene rings is 1. The molecule has 1 aliphatic heterocycles. The molecule has 29 heavy (non-hydrogen) atoms. The summed E-state index contributed by atoms with van der Waals surface area (Å²) in [6.45, 7) is 12.7. The molecule has 2 heterocycles. The standard InChI is InChI=1S/C23H30N2O3S/c1-14(2)25-12-11-17-18(13-25)29-21(19(17)22(27)28-6)24-20(26)15-7-9-16(10-8-15)23(3,4)5/h7-10,14H,11-13H2,1-6H3,(H,24,26)/p+1. The van der Waals surface area contributed by atoms with Crippen molar-refractivity contribution in [1.29, 1.82) is 0 Å². The average Bonchev–Trinajstić information content (AvgIpc) is 3.03. The van der Waals surface area contributed by atoms with E-state index >= 15 is 0 Å². The third-order valence-electron chi connectivity index (χ3n) is 5.62. The molecule has 0 radical (unpaired) electrons. The van der Waals surface area contributed by atoms with E-state index in [1.165, 1.54) is 33.8 Å². The zero-order valence-electron chi connectivity index (χ0n) is 18.1. The number of anilines is 1. The summed E-state index contributed by atoms with van der Waals surface area (Å²) < 4.78 is 5.03. The van der Waals surface area contributed by atoms with Crippen LogP contribution in [0.1, 0.15) is 71.3 Å². The summed E-state index contributed by atoms with van der Waals surface area (Å²) in [7, 11) is 1.39. The van der Waals surface area contributed by atoms with Crippen molar-refractivity contribution in [3.63, 3.8) is 0 Å². The Morgan fingerprint density at radius 3 is 2.38 bits per heavy atom. The Hall–Kier alpha value is -2.18. The lowest BCUT2D eigenvalue weighted by molar-refractivity contribution is -0.936. The highest BCUT2D eigenvalue weighted by molar-refractivity contribution is 7.17. The summed E-state index contributed by atoms with van der Waals surface area (Å²) in [4.78, 5) is 28.0. The molecule has 5 nitrogen and oxygen atoms in total. The van der Waals surface area contributed by atoms with E-state index in [9.17, 15) is 9.59 Å². The molecule has 0 aliphatic carbocycles. The number of carbonyl (C=O) groups excluding carboxylic acids is 2. The van der Waals surface area contributed by atoms with E-state index in [0.29, 0.717) is 22.2 Å². The van der Waals surface area contributed by atoms with Crippen molar-refractivity contribution in [3.05, 3.63) is 51.4 Å². The molecule has 0 saturated heterocycles. The topological polar surface area (TPSA) is 59.8 Å². The van der Waals surface area contributed by atoms with Crippen LogP contribution >= 0.6 is 11.3 Å². The largest absolute Gasteiger partial charge is 0.465 e. The predicted octanol–water partition coefficient (Wildman–Crippen LogP) is 3.43. The lowest BCUT2D eigenvalue weighted by atomic mass is 9.87. The van der Waals surface area contributed by atoms with E-state index in [1.54, 1.807) is 0 Å². The van der Waals surface area contributed by atoms with Crippen LogP contribution in [0.4, 0.5) is 5.00 Å². The maximum Gasteiger partial charge on any atom is 0.341 e. The average molecular weight is 416 g/mol. The van der Waals surface area contributed by atoms with Crippen molar-refractivity contribution in [2.75, 3.05) is 19.0 Å². The van der Waals surface area contributed by atoms with Crippen LogP contribution in [-0.4, -0.2) is 31.6 Å². The Morgan fingerprint density at radius 1 is 1.17 bits per heavy atom. The number of benzene rings is 1. The molecule has 1 aliphatic rings. The van der Waals surface area contributed by atoms with Crippen molar-refractivity contribution in [2.24, 2.45) is 0 Å². The maximum absolute atomic E-state index is 12.9. The molecular weight excluding hydrogens is 384 g/mol. The van der Waals surface area contributed by atoms with Crippen LogP contribution in [0.5, 0.6) is 0 Å². The van der Waals surface area contributed by atoms with E-state index in [1.807, 2.05) is 24.3 Å². The summed E-state index contributed by atoms with van der Waals surface area (Å²) in [5.74, 6) is -0.587. The van der Waals surface area contributed by atoms with E-state index in [4.69, 9.17) is 4.74 Å². The van der Waals surface area contributed by atoms with Gasteiger partial charge in [0.25, 0.3) is 5.91 Å². The lowest BCUT2D eigenvalue weighted by Gasteiger charge is -2.27. The number of rotatable bonds is 4. The Balaban J connectivity index is 1.88. The summed E-state index contributed by atoms with van der Waals surface area (Å²) in [5, 5.41) is 3.57. The Bertz CT molecular complexity index is 907. The number of quaternary nitrogens is 1. The van der Waals surface area contributed by atoms with Crippen molar-refractivity contribution < 1.29 is 19.2 Å². The van der Waals surface area contributed by atoms with Gasteiger partial charge in [0.05, 0.1) is 30.1 Å². The van der Waals surface area contributed by atoms with Crippen molar-refractivity contribution in [3.8, 4) is 0 Å². The maximum atomic E-state index is 12.9. The molecule has 0 spiro atoms. The van der Waals surface area contributed by atoms with Crippen LogP contribution in [-0.2, 0) is 23.1 Å². The first kappa shape index (κ1) is 21.5. The molecule has 0 fully saturated rings. The van der Waals surface area contributed by atoms with E-state index in [0.717, 1.165) is 25.1 Å². The van der Waals surface area contributed by atoms with Gasteiger partial charge in [-0.05, 0) is 42.5 Å². The number of fused-ring (bicyclic) bond motifs is 1. The first-order valence-electron chi connectivity index (χ1n) is 10.1. The molecule has 1 amide bonds. The predicted molar refractivity (Wildman–Crippen MR) is 117 cm³/mol. The summed E-state index contributed by atoms with van der Waals surface area (Å²) in [6.07, 6.45) is 0.819. The van der Waals surface area contributed by atoms with Gasteiger partial charge in [0.2, 0.25) is 0 Å². The van der Waals surface area contributed by atoms with Gasteiger partial charge in [0.15, 0.2) is 0 Å². The SMILES string of the molecule is COC(=O)c1c(NC(=O)c2ccc(C(C)(C)C)cc2)sc2c1CC[NH+](C(C)C)C2. The van der Waals surface area contributed by atoms with E-state index in [-0.39, 0.29) is 17.3 Å². The number of ether oxygens (including phenoxy) is 1. The molecule has 0 saturated carbocycles. The van der Waals surface area contributed by atoms with Gasteiger partial charge in [0.1, 0.15) is 11.5 Å². The molecule has 0 bridgehead atoms. The van der Waals surface area contributed by atoms with Crippen LogP contribution in [0, 0.1) is 0 Å². The normalized spacial score (nSPS) is 16.4. The van der Waals surface area contributed by atoms with Crippen LogP contribution in [0.15, 0.2) is 24.3 Å². The molecule has 1 unspecified atom stereocenters. The fourth-order valence-corrected chi connectivity index (χ4v) is 4.98. The highest BCUT2D eigenvalue weighted by Crippen LogP contribution is 2.35. The number of hydrogen-bond acceptors (Lipinski definition) is 4. The van der Waals surface area contributed by atoms with Crippen molar-refractivity contribution in [1.82, 2.24) is 0 Å². The van der Waals surface area contributed by atoms with Crippen LogP contribution in [0.25, 0.3) is 0 Å². The van der Waals surface area contributed by atoms with Gasteiger partial charge in [-0.15, -0.1) is 11.3 Å². The summed E-state index contributed by atoms with van der Waals surface area (Å²) in [6, 6.07) is 8.17. The number of carbonyl (C=O) groups is 2. The Labute approximate surface area is 177 Å². The highest BCUT2D eigenvalue weighted by Gasteiger charge is 2.32. The molecule has 156 valence electrons. The second-order valence-corrected chi connectivity index (χ2v) is 10.1. The smallest absolute Gasteiger partial charge is 0.341 e. The number of nitrogens with one attached hydrogen (secondary N) is 2. The molecule has 1 atom stereocenters. The van der Waals surface area contributed by atoms with Crippen LogP contribution in [0.3, 0.4) is 0 Å². The van der Waals surface area contributed by atoms with Crippen LogP contribution in [0.2, 0.25) is 0 Å². The molecule has 2 aromatic rings. The van der Waals surface area contributed by atoms with Gasteiger partial charge >= 0.3 is 5.97 Å². The van der Waals surface area contributed by atoms with E-state index in [2.05, 4.69) is 39.9 Å². The molecule has 6 heteroatoms. The van der Waals surface area contributed by atoms with Gasteiger partial charge in [-0.2, -0.15) is 0 Å². The second-order valence-electron chi connectivity index (χ2n) is 8.97. The van der Waals surface area contributed by atoms with Gasteiger partial charge in [-0.25, -0.2) is 4.79 Å². The molecule has 2 N–H and O–H groups in total. The minimum atomic E-state index is -0.381. The third kappa shape index (κ3) is 4.54. The summed E-state index contributed by atoms with van der Waals surface area (Å²) >= 11 is 1.50. The fourth-order valence-electron chi connectivity index (χ4n) is 3.70. The summed E-state index contributed by atoms with van der Waals surface area (Å²) in [5.41, 5.74) is 3.34. The minimum Gasteiger partial charge on any atom is -0.465 e. The highest BCUT2D eigenvalue weighted by atomic mass is 32.1. The Kier molecular flexibility index (Phi) is 6.15. The monoisotopic (exact) mass is 415 g/mol. The van der Waals surface area contributed by atoms with Crippen LogP contribution < -0.4 is 10.2 Å². The van der Waals surface area contributed by atoms with Crippen molar-refractivity contribution in [2.45, 2.75) is 59.0 Å². The van der Waals surface area contributed by atoms with Gasteiger partial charge < -0.3 is 15.0 Å². The van der Waals surface area contributed by atoms with Gasteiger partial charge in [0, 0.05) is 12.0 Å². The first-order valence-corrected chi connectivity index (χ1v) is 10.9.